The smallest absolute Gasteiger partial charge is 0.000415 e. The second-order valence-corrected chi connectivity index (χ2v) is 2.88. The molecule has 0 aromatic carbocycles. The number of hydrogen-bond acceptors (Lipinski definition) is 1. The fourth-order valence-corrected chi connectivity index (χ4v) is 0.998. The van der Waals surface area contributed by atoms with Gasteiger partial charge in [-0.15, -0.1) is 0 Å². The molecular weight excluding hydrogens is 134 g/mol. The predicted molar refractivity (Wildman–Crippen MR) is 56.1 cm³/mol. The predicted octanol–water partition coefficient (Wildman–Crippen LogP) is 3.26. The van der Waals surface area contributed by atoms with E-state index in [9.17, 15) is 0 Å². The minimum atomic E-state index is 0. The molecule has 0 radical (unpaired) electrons. The zero-order valence-corrected chi connectivity index (χ0v) is 7.15. The van der Waals surface area contributed by atoms with Gasteiger partial charge in [0.25, 0.3) is 0 Å². The molecule has 0 fully saturated rings. The molecule has 0 aromatic rings. The highest BCUT2D eigenvalue weighted by atomic mass is 15.1. The highest BCUT2D eigenvalue weighted by molar-refractivity contribution is 4.54. The van der Waals surface area contributed by atoms with Crippen molar-refractivity contribution in [2.24, 2.45) is 5.92 Å². The Morgan fingerprint density at radius 1 is 1.00 bits per heavy atom. The van der Waals surface area contributed by atoms with Gasteiger partial charge in [0.05, 0.1) is 0 Å². The van der Waals surface area contributed by atoms with Gasteiger partial charge in [-0.2, -0.15) is 0 Å². The molecular formula is C10H27N. The Hall–Kier alpha value is -0.0400. The van der Waals surface area contributed by atoms with Crippen molar-refractivity contribution < 1.29 is 0 Å². The Kier molecular flexibility index (Phi) is 15.5. The third kappa shape index (κ3) is 9.96. The molecule has 0 heterocycles. The topological polar surface area (TPSA) is 3.24 Å². The van der Waals surface area contributed by atoms with E-state index < -0.39 is 0 Å². The average molecular weight is 161 g/mol. The van der Waals surface area contributed by atoms with Gasteiger partial charge in [0.2, 0.25) is 0 Å². The van der Waals surface area contributed by atoms with Crippen LogP contribution < -0.4 is 0 Å². The van der Waals surface area contributed by atoms with E-state index in [2.05, 4.69) is 32.6 Å². The summed E-state index contributed by atoms with van der Waals surface area (Å²) in [6.07, 6.45) is 0. The van der Waals surface area contributed by atoms with E-state index in [0.29, 0.717) is 0 Å². The van der Waals surface area contributed by atoms with Gasteiger partial charge >= 0.3 is 0 Å². The Labute approximate surface area is 73.8 Å². The summed E-state index contributed by atoms with van der Waals surface area (Å²) in [6, 6.07) is 0. The molecule has 1 nitrogen and oxygen atoms in total. The summed E-state index contributed by atoms with van der Waals surface area (Å²) in [5, 5.41) is 0. The van der Waals surface area contributed by atoms with Crippen LogP contribution in [0.3, 0.4) is 0 Å². The van der Waals surface area contributed by atoms with Gasteiger partial charge < -0.3 is 4.90 Å². The van der Waals surface area contributed by atoms with Crippen molar-refractivity contribution in [1.29, 1.82) is 0 Å². The van der Waals surface area contributed by atoms with Gasteiger partial charge in [-0.1, -0.05) is 42.5 Å². The van der Waals surface area contributed by atoms with Crippen LogP contribution in [0, 0.1) is 5.92 Å². The van der Waals surface area contributed by atoms with Crippen molar-refractivity contribution in [1.82, 2.24) is 4.90 Å². The molecule has 0 unspecified atom stereocenters. The minimum Gasteiger partial charge on any atom is -0.304 e. The lowest BCUT2D eigenvalue weighted by atomic mass is 10.2. The van der Waals surface area contributed by atoms with Crippen LogP contribution in [0.2, 0.25) is 0 Å². The van der Waals surface area contributed by atoms with Crippen LogP contribution in [0.1, 0.15) is 42.5 Å². The first-order valence-corrected chi connectivity index (χ1v) is 3.93. The molecule has 0 aliphatic heterocycles. The number of nitrogens with zero attached hydrogens (tertiary/aromatic N) is 1. The Morgan fingerprint density at radius 3 is 1.45 bits per heavy atom. The molecule has 11 heavy (non-hydrogen) atoms. The maximum Gasteiger partial charge on any atom is 0.000415 e. The molecule has 0 aromatic heterocycles. The van der Waals surface area contributed by atoms with Gasteiger partial charge in [0.15, 0.2) is 0 Å². The number of rotatable bonds is 4. The van der Waals surface area contributed by atoms with Crippen LogP contribution in [0.5, 0.6) is 0 Å². The SMILES string of the molecule is C.C.CCN(CC)CC(C)C. The molecule has 0 N–H and O–H groups in total. The van der Waals surface area contributed by atoms with E-state index in [-0.39, 0.29) is 14.9 Å². The van der Waals surface area contributed by atoms with Gasteiger partial charge in [0.1, 0.15) is 0 Å². The lowest BCUT2D eigenvalue weighted by Crippen LogP contribution is -2.26. The summed E-state index contributed by atoms with van der Waals surface area (Å²) in [6.45, 7) is 12.6. The Bertz CT molecular complexity index is 55.9. The van der Waals surface area contributed by atoms with E-state index in [4.69, 9.17) is 0 Å². The lowest BCUT2D eigenvalue weighted by Gasteiger charge is -2.19. The highest BCUT2D eigenvalue weighted by Crippen LogP contribution is 1.96. The highest BCUT2D eigenvalue weighted by Gasteiger charge is 1.99. The quantitative estimate of drug-likeness (QED) is 0.612. The van der Waals surface area contributed by atoms with Crippen LogP contribution >= 0.6 is 0 Å². The summed E-state index contributed by atoms with van der Waals surface area (Å²) in [4.78, 5) is 2.45. The zero-order valence-electron chi connectivity index (χ0n) is 7.15. The largest absolute Gasteiger partial charge is 0.304 e. The van der Waals surface area contributed by atoms with E-state index in [1.807, 2.05) is 0 Å². The molecule has 0 amide bonds. The summed E-state index contributed by atoms with van der Waals surface area (Å²) < 4.78 is 0. The molecule has 0 atom stereocenters. The third-order valence-electron chi connectivity index (χ3n) is 1.52. The van der Waals surface area contributed by atoms with E-state index >= 15 is 0 Å². The standard InChI is InChI=1S/C8H19N.2CH4/c1-5-9(6-2)7-8(3)4;;/h8H,5-7H2,1-4H3;2*1H4. The van der Waals surface area contributed by atoms with Crippen LogP contribution in [0.4, 0.5) is 0 Å². The first-order chi connectivity index (χ1) is 4.20. The van der Waals surface area contributed by atoms with E-state index in [1.165, 1.54) is 19.6 Å². The Balaban J connectivity index is -0.000000320. The van der Waals surface area contributed by atoms with Crippen LogP contribution in [0.25, 0.3) is 0 Å². The van der Waals surface area contributed by atoms with E-state index in [1.54, 1.807) is 0 Å². The first kappa shape index (κ1) is 17.2. The molecule has 0 bridgehead atoms. The average Bonchev–Trinajstić information content (AvgIpc) is 1.82. The van der Waals surface area contributed by atoms with Crippen molar-refractivity contribution in [2.75, 3.05) is 19.6 Å². The molecule has 0 saturated heterocycles. The monoisotopic (exact) mass is 161 g/mol. The van der Waals surface area contributed by atoms with Crippen molar-refractivity contribution in [2.45, 2.75) is 42.5 Å². The summed E-state index contributed by atoms with van der Waals surface area (Å²) in [5.74, 6) is 0.810. The summed E-state index contributed by atoms with van der Waals surface area (Å²) >= 11 is 0. The summed E-state index contributed by atoms with van der Waals surface area (Å²) in [7, 11) is 0. The second kappa shape index (κ2) is 9.96. The van der Waals surface area contributed by atoms with Gasteiger partial charge in [0, 0.05) is 6.54 Å². The lowest BCUT2D eigenvalue weighted by molar-refractivity contribution is 0.269. The van der Waals surface area contributed by atoms with Gasteiger partial charge in [-0.3, -0.25) is 0 Å². The molecule has 0 aliphatic carbocycles. The minimum absolute atomic E-state index is 0. The maximum atomic E-state index is 2.45. The van der Waals surface area contributed by atoms with Crippen molar-refractivity contribution >= 4 is 0 Å². The van der Waals surface area contributed by atoms with Gasteiger partial charge in [-0.05, 0) is 19.0 Å². The van der Waals surface area contributed by atoms with Gasteiger partial charge in [-0.25, -0.2) is 0 Å². The number of hydrogen-bond donors (Lipinski definition) is 0. The fraction of sp³-hybridized carbons (Fsp3) is 1.00. The van der Waals surface area contributed by atoms with Crippen molar-refractivity contribution in [3.05, 3.63) is 0 Å². The van der Waals surface area contributed by atoms with Crippen molar-refractivity contribution in [3.8, 4) is 0 Å². The fourth-order valence-electron chi connectivity index (χ4n) is 0.998. The maximum absolute atomic E-state index is 2.45. The van der Waals surface area contributed by atoms with Crippen LogP contribution in [-0.2, 0) is 0 Å². The molecule has 1 heteroatoms. The van der Waals surface area contributed by atoms with Crippen molar-refractivity contribution in [3.63, 3.8) is 0 Å². The van der Waals surface area contributed by atoms with Crippen LogP contribution in [-0.4, -0.2) is 24.5 Å². The third-order valence-corrected chi connectivity index (χ3v) is 1.52. The Morgan fingerprint density at radius 2 is 1.36 bits per heavy atom. The molecule has 0 spiro atoms. The normalized spacial score (nSPS) is 9.27. The molecule has 0 saturated carbocycles. The second-order valence-electron chi connectivity index (χ2n) is 2.88. The zero-order chi connectivity index (χ0) is 7.28. The van der Waals surface area contributed by atoms with E-state index in [0.717, 1.165) is 5.92 Å². The molecule has 0 aliphatic rings. The first-order valence-electron chi connectivity index (χ1n) is 3.93. The molecule has 0 rings (SSSR count). The van der Waals surface area contributed by atoms with Crippen LogP contribution in [0.15, 0.2) is 0 Å². The summed E-state index contributed by atoms with van der Waals surface area (Å²) in [5.41, 5.74) is 0. The molecule has 72 valence electrons.